The molecule has 1 amide bonds. The Bertz CT molecular complexity index is 1060. The lowest BCUT2D eigenvalue weighted by atomic mass is 9.78. The highest BCUT2D eigenvalue weighted by Gasteiger charge is 2.25. The lowest BCUT2D eigenvalue weighted by Crippen LogP contribution is -2.40. The van der Waals surface area contributed by atoms with E-state index in [0.29, 0.717) is 16.5 Å². The summed E-state index contributed by atoms with van der Waals surface area (Å²) < 4.78 is 55.0. The molecule has 2 aromatic rings. The molecule has 0 saturated carbocycles. The third-order valence-electron chi connectivity index (χ3n) is 5.23. The van der Waals surface area contributed by atoms with E-state index in [-0.39, 0.29) is 28.1 Å². The summed E-state index contributed by atoms with van der Waals surface area (Å²) in [4.78, 5) is 12.8. The standard InChI is InChI=1S/C19H24B2F2N2O3S/c1-9(2)11(4)25-29(27,28)16-8-13(17(20)10(3)18(16)21)19(26)24-12-5-6-14(22)15(23)7-12/h5-9,11,25H,20-21H2,1-4H3,(H,24,26)/t11-/m1/s1. The molecule has 154 valence electrons. The molecule has 2 N–H and O–H groups in total. The van der Waals surface area contributed by atoms with Gasteiger partial charge in [0.1, 0.15) is 15.7 Å². The average Bonchev–Trinajstić information content (AvgIpc) is 2.62. The van der Waals surface area contributed by atoms with E-state index in [2.05, 4.69) is 10.0 Å². The molecule has 0 fully saturated rings. The second kappa shape index (κ2) is 8.67. The van der Waals surface area contributed by atoms with E-state index < -0.39 is 27.6 Å². The maximum Gasteiger partial charge on any atom is 0.255 e. The Hall–Kier alpha value is -2.19. The molecule has 2 aromatic carbocycles. The average molecular weight is 420 g/mol. The number of carbonyl (C=O) groups is 1. The zero-order valence-corrected chi connectivity index (χ0v) is 18.2. The van der Waals surface area contributed by atoms with Crippen LogP contribution in [0, 0.1) is 24.5 Å². The van der Waals surface area contributed by atoms with Crippen LogP contribution in [0.2, 0.25) is 0 Å². The fourth-order valence-electron chi connectivity index (χ4n) is 2.75. The summed E-state index contributed by atoms with van der Waals surface area (Å²) in [6, 6.07) is 4.04. The van der Waals surface area contributed by atoms with Crippen LogP contribution in [0.3, 0.4) is 0 Å². The number of rotatable bonds is 6. The molecule has 0 aliphatic rings. The van der Waals surface area contributed by atoms with Gasteiger partial charge < -0.3 is 5.32 Å². The Morgan fingerprint density at radius 1 is 1.03 bits per heavy atom. The first-order chi connectivity index (χ1) is 13.3. The van der Waals surface area contributed by atoms with Crippen molar-refractivity contribution in [1.29, 1.82) is 0 Å². The summed E-state index contributed by atoms with van der Waals surface area (Å²) >= 11 is 0. The molecule has 0 aromatic heterocycles. The van der Waals surface area contributed by atoms with Crippen molar-refractivity contribution in [3.8, 4) is 0 Å². The van der Waals surface area contributed by atoms with Gasteiger partial charge in [-0.05, 0) is 38.0 Å². The van der Waals surface area contributed by atoms with Crippen LogP contribution in [0.25, 0.3) is 0 Å². The number of anilines is 1. The van der Waals surface area contributed by atoms with Crippen LogP contribution in [0.1, 0.15) is 36.7 Å². The zero-order valence-electron chi connectivity index (χ0n) is 17.4. The van der Waals surface area contributed by atoms with Crippen molar-refractivity contribution in [2.45, 2.75) is 38.6 Å². The molecule has 0 spiro atoms. The van der Waals surface area contributed by atoms with E-state index in [1.807, 2.05) is 13.8 Å². The van der Waals surface area contributed by atoms with E-state index in [0.717, 1.165) is 12.1 Å². The molecule has 0 aliphatic heterocycles. The summed E-state index contributed by atoms with van der Waals surface area (Å²) in [7, 11) is -0.455. The highest BCUT2D eigenvalue weighted by atomic mass is 32.2. The topological polar surface area (TPSA) is 75.3 Å². The molecule has 0 radical (unpaired) electrons. The molecule has 0 saturated heterocycles. The van der Waals surface area contributed by atoms with E-state index in [1.165, 1.54) is 12.1 Å². The molecule has 29 heavy (non-hydrogen) atoms. The Morgan fingerprint density at radius 2 is 1.66 bits per heavy atom. The first-order valence-electron chi connectivity index (χ1n) is 9.24. The van der Waals surface area contributed by atoms with Gasteiger partial charge in [0.25, 0.3) is 5.91 Å². The van der Waals surface area contributed by atoms with E-state index in [4.69, 9.17) is 0 Å². The second-order valence-electron chi connectivity index (χ2n) is 7.53. The Morgan fingerprint density at radius 3 is 2.21 bits per heavy atom. The molecule has 0 unspecified atom stereocenters. The van der Waals surface area contributed by atoms with Crippen LogP contribution in [0.15, 0.2) is 29.2 Å². The Balaban J connectivity index is 2.48. The minimum atomic E-state index is -3.86. The molecular weight excluding hydrogens is 396 g/mol. The predicted octanol–water partition coefficient (Wildman–Crippen LogP) is 0.365. The quantitative estimate of drug-likeness (QED) is 0.664. The summed E-state index contributed by atoms with van der Waals surface area (Å²) in [5, 5.41) is 2.49. The van der Waals surface area contributed by atoms with E-state index in [9.17, 15) is 22.0 Å². The lowest BCUT2D eigenvalue weighted by Gasteiger charge is -2.21. The van der Waals surface area contributed by atoms with Gasteiger partial charge in [-0.15, -0.1) is 0 Å². The molecule has 0 aliphatic carbocycles. The van der Waals surface area contributed by atoms with E-state index in [1.54, 1.807) is 29.5 Å². The number of benzene rings is 2. The van der Waals surface area contributed by atoms with Crippen molar-refractivity contribution < 1.29 is 22.0 Å². The number of halogens is 2. The molecule has 0 heterocycles. The van der Waals surface area contributed by atoms with Crippen molar-refractivity contribution in [1.82, 2.24) is 4.72 Å². The van der Waals surface area contributed by atoms with Crippen molar-refractivity contribution in [3.63, 3.8) is 0 Å². The van der Waals surface area contributed by atoms with Crippen molar-refractivity contribution in [2.24, 2.45) is 5.92 Å². The highest BCUT2D eigenvalue weighted by Crippen LogP contribution is 2.16. The summed E-state index contributed by atoms with van der Waals surface area (Å²) in [5.41, 5.74) is 2.05. The molecule has 10 heteroatoms. The molecule has 0 bridgehead atoms. The zero-order chi connectivity index (χ0) is 22.1. The number of hydrogen-bond donors (Lipinski definition) is 2. The van der Waals surface area contributed by atoms with Crippen molar-refractivity contribution >= 4 is 48.2 Å². The minimum Gasteiger partial charge on any atom is -0.322 e. The van der Waals surface area contributed by atoms with Gasteiger partial charge >= 0.3 is 0 Å². The first kappa shape index (κ1) is 23.1. The maximum atomic E-state index is 13.4. The van der Waals surface area contributed by atoms with Gasteiger partial charge in [0.05, 0.1) is 4.90 Å². The third kappa shape index (κ3) is 5.05. The largest absolute Gasteiger partial charge is 0.322 e. The van der Waals surface area contributed by atoms with Crippen LogP contribution < -0.4 is 21.0 Å². The summed E-state index contributed by atoms with van der Waals surface area (Å²) in [5.74, 6) is -2.63. The molecule has 5 nitrogen and oxygen atoms in total. The van der Waals surface area contributed by atoms with Gasteiger partial charge in [-0.1, -0.05) is 30.3 Å². The van der Waals surface area contributed by atoms with Crippen LogP contribution >= 0.6 is 0 Å². The maximum absolute atomic E-state index is 13.4. The third-order valence-corrected chi connectivity index (χ3v) is 6.91. The number of sulfonamides is 1. The predicted molar refractivity (Wildman–Crippen MR) is 116 cm³/mol. The fourth-order valence-corrected chi connectivity index (χ4v) is 4.47. The van der Waals surface area contributed by atoms with Gasteiger partial charge in [0.2, 0.25) is 10.0 Å². The molecular formula is C19H24B2F2N2O3S. The van der Waals surface area contributed by atoms with Gasteiger partial charge in [-0.3, -0.25) is 4.79 Å². The molecule has 2 rings (SSSR count). The van der Waals surface area contributed by atoms with E-state index >= 15 is 0 Å². The number of amides is 1. The van der Waals surface area contributed by atoms with Gasteiger partial charge in [0, 0.05) is 23.4 Å². The summed E-state index contributed by atoms with van der Waals surface area (Å²) in [6.45, 7) is 7.32. The van der Waals surface area contributed by atoms with Crippen LogP contribution in [0.5, 0.6) is 0 Å². The Kier molecular flexibility index (Phi) is 6.90. The number of nitrogens with one attached hydrogen (secondary N) is 2. The summed E-state index contributed by atoms with van der Waals surface area (Å²) in [6.07, 6.45) is 0. The lowest BCUT2D eigenvalue weighted by molar-refractivity contribution is 0.102. The van der Waals surface area contributed by atoms with Crippen molar-refractivity contribution in [3.05, 3.63) is 47.0 Å². The smallest absolute Gasteiger partial charge is 0.255 e. The van der Waals surface area contributed by atoms with Gasteiger partial charge in [0.15, 0.2) is 11.6 Å². The van der Waals surface area contributed by atoms with Gasteiger partial charge in [-0.25, -0.2) is 21.9 Å². The van der Waals surface area contributed by atoms with Crippen LogP contribution in [-0.4, -0.2) is 36.1 Å². The highest BCUT2D eigenvalue weighted by molar-refractivity contribution is 7.89. The number of carbonyl (C=O) groups excluding carboxylic acids is 1. The first-order valence-corrected chi connectivity index (χ1v) is 10.7. The van der Waals surface area contributed by atoms with Crippen LogP contribution in [-0.2, 0) is 10.0 Å². The van der Waals surface area contributed by atoms with Gasteiger partial charge in [-0.2, -0.15) is 0 Å². The normalized spacial score (nSPS) is 12.8. The minimum absolute atomic E-state index is 0.0172. The molecule has 1 atom stereocenters. The van der Waals surface area contributed by atoms with Crippen molar-refractivity contribution in [2.75, 3.05) is 5.32 Å². The van der Waals surface area contributed by atoms with Crippen LogP contribution in [0.4, 0.5) is 14.5 Å². The SMILES string of the molecule is Bc1c(C(=O)Nc2ccc(F)c(F)c2)cc(S(=O)(=O)N[C@H](C)C(C)C)c(B)c1C. The fraction of sp³-hybridized carbons (Fsp3) is 0.316. The Labute approximate surface area is 172 Å². The monoisotopic (exact) mass is 420 g/mol. The number of hydrogen-bond acceptors (Lipinski definition) is 3. The second-order valence-corrected chi connectivity index (χ2v) is 9.22.